The summed E-state index contributed by atoms with van der Waals surface area (Å²) in [6, 6.07) is 0. The standard InChI is InChI=1S/C10H14F3NO/c11-10(12,13)9-3-1-8(2-4-9)5-6-14-7-15/h8-9H,1-6H2. The Balaban J connectivity index is 2.27. The highest BCUT2D eigenvalue weighted by Crippen LogP contribution is 2.40. The van der Waals surface area contributed by atoms with E-state index in [1.165, 1.54) is 6.08 Å². The molecule has 0 amide bonds. The number of aliphatic imine (C=N–C) groups is 1. The van der Waals surface area contributed by atoms with Crippen LogP contribution in [0.4, 0.5) is 13.2 Å². The number of nitrogens with zero attached hydrogens (tertiary/aromatic N) is 1. The van der Waals surface area contributed by atoms with Crippen LogP contribution < -0.4 is 0 Å². The van der Waals surface area contributed by atoms with Crippen LogP contribution >= 0.6 is 0 Å². The van der Waals surface area contributed by atoms with E-state index in [1.54, 1.807) is 0 Å². The van der Waals surface area contributed by atoms with Crippen molar-refractivity contribution in [3.05, 3.63) is 0 Å². The summed E-state index contributed by atoms with van der Waals surface area (Å²) in [6.07, 6.45) is -0.258. The average Bonchev–Trinajstić information content (AvgIpc) is 2.18. The average molecular weight is 221 g/mol. The molecule has 0 radical (unpaired) electrons. The molecule has 0 aromatic rings. The van der Waals surface area contributed by atoms with Gasteiger partial charge >= 0.3 is 6.18 Å². The first-order chi connectivity index (χ1) is 7.04. The first-order valence-corrected chi connectivity index (χ1v) is 5.14. The fraction of sp³-hybridized carbons (Fsp3) is 0.900. The lowest BCUT2D eigenvalue weighted by atomic mass is 9.80. The third-order valence-electron chi connectivity index (χ3n) is 3.02. The van der Waals surface area contributed by atoms with Crippen LogP contribution in [0.25, 0.3) is 0 Å². The van der Waals surface area contributed by atoms with Gasteiger partial charge in [0.15, 0.2) is 0 Å². The van der Waals surface area contributed by atoms with Gasteiger partial charge in [-0.1, -0.05) is 0 Å². The SMILES string of the molecule is O=C=NCCC1CCC(C(F)(F)F)CC1. The second-order valence-corrected chi connectivity index (χ2v) is 4.02. The Kier molecular flexibility index (Phi) is 4.33. The molecule has 5 heteroatoms. The molecule has 0 spiro atoms. The van der Waals surface area contributed by atoms with Crippen LogP contribution in [0.15, 0.2) is 4.99 Å². The van der Waals surface area contributed by atoms with Crippen molar-refractivity contribution in [1.82, 2.24) is 0 Å². The number of isocyanates is 1. The van der Waals surface area contributed by atoms with Gasteiger partial charge in [0, 0.05) is 0 Å². The van der Waals surface area contributed by atoms with Crippen LogP contribution in [0, 0.1) is 11.8 Å². The zero-order chi connectivity index (χ0) is 11.3. The Hall–Kier alpha value is -0.830. The Morgan fingerprint density at radius 2 is 1.80 bits per heavy atom. The molecule has 0 bridgehead atoms. The third-order valence-corrected chi connectivity index (χ3v) is 3.02. The highest BCUT2D eigenvalue weighted by atomic mass is 19.4. The summed E-state index contributed by atoms with van der Waals surface area (Å²) in [5.74, 6) is -0.830. The lowest BCUT2D eigenvalue weighted by molar-refractivity contribution is -0.183. The Bertz CT molecular complexity index is 238. The molecule has 1 aliphatic carbocycles. The van der Waals surface area contributed by atoms with Crippen molar-refractivity contribution in [3.63, 3.8) is 0 Å². The van der Waals surface area contributed by atoms with Crippen molar-refractivity contribution in [2.75, 3.05) is 6.54 Å². The number of hydrogen-bond acceptors (Lipinski definition) is 2. The molecule has 1 rings (SSSR count). The molecular formula is C10H14F3NO. The molecule has 0 saturated heterocycles. The lowest BCUT2D eigenvalue weighted by Crippen LogP contribution is -2.27. The number of carbonyl (C=O) groups excluding carboxylic acids is 1. The van der Waals surface area contributed by atoms with Crippen LogP contribution in [0.1, 0.15) is 32.1 Å². The van der Waals surface area contributed by atoms with E-state index in [-0.39, 0.29) is 12.8 Å². The van der Waals surface area contributed by atoms with Gasteiger partial charge in [-0.2, -0.15) is 13.2 Å². The van der Waals surface area contributed by atoms with Crippen molar-refractivity contribution in [2.45, 2.75) is 38.3 Å². The van der Waals surface area contributed by atoms with E-state index < -0.39 is 12.1 Å². The monoisotopic (exact) mass is 221 g/mol. The van der Waals surface area contributed by atoms with Crippen LogP contribution in [0.2, 0.25) is 0 Å². The minimum atomic E-state index is -4.04. The van der Waals surface area contributed by atoms with E-state index in [1.807, 2.05) is 0 Å². The van der Waals surface area contributed by atoms with Gasteiger partial charge in [-0.15, -0.1) is 0 Å². The maximum absolute atomic E-state index is 12.3. The molecule has 0 atom stereocenters. The summed E-state index contributed by atoms with van der Waals surface area (Å²) < 4.78 is 36.9. The summed E-state index contributed by atoms with van der Waals surface area (Å²) in [4.78, 5) is 13.2. The second kappa shape index (κ2) is 5.31. The van der Waals surface area contributed by atoms with Crippen molar-refractivity contribution in [2.24, 2.45) is 16.8 Å². The van der Waals surface area contributed by atoms with E-state index >= 15 is 0 Å². The van der Waals surface area contributed by atoms with Crippen LogP contribution in [-0.2, 0) is 4.79 Å². The van der Waals surface area contributed by atoms with Gasteiger partial charge in [-0.05, 0) is 38.0 Å². The van der Waals surface area contributed by atoms with E-state index in [0.717, 1.165) is 0 Å². The van der Waals surface area contributed by atoms with Gasteiger partial charge in [0.1, 0.15) is 0 Å². The molecule has 0 heterocycles. The van der Waals surface area contributed by atoms with Gasteiger partial charge in [-0.25, -0.2) is 9.79 Å². The molecule has 1 fully saturated rings. The van der Waals surface area contributed by atoms with Gasteiger partial charge in [0.25, 0.3) is 0 Å². The van der Waals surface area contributed by atoms with Crippen molar-refractivity contribution in [3.8, 4) is 0 Å². The first kappa shape index (κ1) is 12.2. The fourth-order valence-corrected chi connectivity index (χ4v) is 2.07. The maximum Gasteiger partial charge on any atom is 0.391 e. The summed E-state index contributed by atoms with van der Waals surface area (Å²) in [5.41, 5.74) is 0. The number of halogens is 3. The molecule has 0 aromatic carbocycles. The highest BCUT2D eigenvalue weighted by Gasteiger charge is 2.41. The second-order valence-electron chi connectivity index (χ2n) is 4.02. The molecule has 0 unspecified atom stereocenters. The lowest BCUT2D eigenvalue weighted by Gasteiger charge is -2.29. The number of rotatable bonds is 3. The predicted octanol–water partition coefficient (Wildman–Crippen LogP) is 3.08. The third kappa shape index (κ3) is 4.04. The van der Waals surface area contributed by atoms with Gasteiger partial charge in [-0.3, -0.25) is 0 Å². The van der Waals surface area contributed by atoms with Crippen molar-refractivity contribution in [1.29, 1.82) is 0 Å². The minimum Gasteiger partial charge on any atom is -0.211 e. The maximum atomic E-state index is 12.3. The van der Waals surface area contributed by atoms with Crippen LogP contribution in [-0.4, -0.2) is 18.8 Å². The molecule has 15 heavy (non-hydrogen) atoms. The molecule has 0 aliphatic heterocycles. The predicted molar refractivity (Wildman–Crippen MR) is 49.1 cm³/mol. The summed E-state index contributed by atoms with van der Waals surface area (Å²) in [5, 5.41) is 0. The van der Waals surface area contributed by atoms with Crippen molar-refractivity contribution >= 4 is 6.08 Å². The Labute approximate surface area is 86.6 Å². The molecule has 1 saturated carbocycles. The van der Waals surface area contributed by atoms with Crippen LogP contribution in [0.5, 0.6) is 0 Å². The van der Waals surface area contributed by atoms with E-state index in [4.69, 9.17) is 0 Å². The molecule has 0 N–H and O–H groups in total. The van der Waals surface area contributed by atoms with Gasteiger partial charge in [0.2, 0.25) is 6.08 Å². The molecule has 1 aliphatic rings. The number of hydrogen-bond donors (Lipinski definition) is 0. The van der Waals surface area contributed by atoms with E-state index in [9.17, 15) is 18.0 Å². The van der Waals surface area contributed by atoms with Crippen molar-refractivity contribution < 1.29 is 18.0 Å². The summed E-state index contributed by atoms with van der Waals surface area (Å²) in [7, 11) is 0. The highest BCUT2D eigenvalue weighted by molar-refractivity contribution is 5.32. The zero-order valence-electron chi connectivity index (χ0n) is 8.39. The largest absolute Gasteiger partial charge is 0.391 e. The first-order valence-electron chi connectivity index (χ1n) is 5.14. The Morgan fingerprint density at radius 1 is 1.20 bits per heavy atom. The van der Waals surface area contributed by atoms with E-state index in [0.29, 0.717) is 31.7 Å². The quantitative estimate of drug-likeness (QED) is 0.532. The summed E-state index contributed by atoms with van der Waals surface area (Å²) >= 11 is 0. The van der Waals surface area contributed by atoms with Gasteiger partial charge < -0.3 is 0 Å². The zero-order valence-corrected chi connectivity index (χ0v) is 8.39. The molecule has 2 nitrogen and oxygen atoms in total. The smallest absolute Gasteiger partial charge is 0.211 e. The fourth-order valence-electron chi connectivity index (χ4n) is 2.07. The summed E-state index contributed by atoms with van der Waals surface area (Å²) in [6.45, 7) is 0.394. The molecular weight excluding hydrogens is 207 g/mol. The topological polar surface area (TPSA) is 29.4 Å². The minimum absolute atomic E-state index is 0.221. The molecule has 86 valence electrons. The van der Waals surface area contributed by atoms with E-state index in [2.05, 4.69) is 4.99 Å². The van der Waals surface area contributed by atoms with Crippen LogP contribution in [0.3, 0.4) is 0 Å². The Morgan fingerprint density at radius 3 is 2.27 bits per heavy atom. The van der Waals surface area contributed by atoms with Gasteiger partial charge in [0.05, 0.1) is 12.5 Å². The molecule has 0 aromatic heterocycles. The normalized spacial score (nSPS) is 27.1. The number of alkyl halides is 3.